The molecule has 0 saturated heterocycles. The molecule has 5 rings (SSSR count). The topological polar surface area (TPSA) is 83.5 Å². The summed E-state index contributed by atoms with van der Waals surface area (Å²) in [5, 5.41) is 0. The highest BCUT2D eigenvalue weighted by Gasteiger charge is 2.41. The van der Waals surface area contributed by atoms with Crippen molar-refractivity contribution in [2.24, 2.45) is 0 Å². The van der Waals surface area contributed by atoms with Crippen LogP contribution in [0.4, 0.5) is 0 Å². The van der Waals surface area contributed by atoms with E-state index in [0.717, 1.165) is 11.1 Å². The minimum absolute atomic E-state index is 0.178. The molecular weight excluding hydrogens is 534 g/mol. The number of esters is 1. The van der Waals surface area contributed by atoms with E-state index in [-0.39, 0.29) is 5.91 Å². The van der Waals surface area contributed by atoms with Gasteiger partial charge in [-0.2, -0.15) is 0 Å². The second-order valence-corrected chi connectivity index (χ2v) is 9.73. The summed E-state index contributed by atoms with van der Waals surface area (Å²) in [6, 6.07) is 26.3. The van der Waals surface area contributed by atoms with Crippen LogP contribution in [0.2, 0.25) is 0 Å². The first-order valence-electron chi connectivity index (χ1n) is 13.6. The fourth-order valence-corrected chi connectivity index (χ4v) is 5.48. The van der Waals surface area contributed by atoms with Gasteiger partial charge in [0.25, 0.3) is 5.91 Å². The van der Waals surface area contributed by atoms with Crippen LogP contribution in [0.15, 0.2) is 91.0 Å². The van der Waals surface area contributed by atoms with Crippen LogP contribution < -0.4 is 18.9 Å². The van der Waals surface area contributed by atoms with Crippen LogP contribution in [0, 0.1) is 0 Å². The molecular formula is C34H33NO7. The van der Waals surface area contributed by atoms with Crippen LogP contribution >= 0.6 is 0 Å². The van der Waals surface area contributed by atoms with E-state index in [1.165, 1.54) is 0 Å². The number of nitrogens with zero attached hydrogens (tertiary/aromatic N) is 1. The van der Waals surface area contributed by atoms with E-state index in [1.807, 2.05) is 42.5 Å². The summed E-state index contributed by atoms with van der Waals surface area (Å²) in [5.41, 5.74) is 3.25. The predicted molar refractivity (Wildman–Crippen MR) is 158 cm³/mol. The van der Waals surface area contributed by atoms with Crippen molar-refractivity contribution >= 4 is 11.9 Å². The van der Waals surface area contributed by atoms with Crippen molar-refractivity contribution < 1.29 is 33.3 Å². The third-order valence-electron chi connectivity index (χ3n) is 7.49. The molecule has 0 N–H and O–H groups in total. The van der Waals surface area contributed by atoms with Crippen LogP contribution in [0.25, 0.3) is 0 Å². The smallest absolute Gasteiger partial charge is 0.338 e. The lowest BCUT2D eigenvalue weighted by Crippen LogP contribution is -2.43. The molecule has 1 amide bonds. The number of amides is 1. The van der Waals surface area contributed by atoms with Crippen LogP contribution in [-0.4, -0.2) is 51.8 Å². The number of hydrogen-bond acceptors (Lipinski definition) is 7. The fraction of sp³-hybridized carbons (Fsp3) is 0.235. The van der Waals surface area contributed by atoms with Crippen molar-refractivity contribution in [3.63, 3.8) is 0 Å². The molecule has 8 nitrogen and oxygen atoms in total. The van der Waals surface area contributed by atoms with Gasteiger partial charge in [0.1, 0.15) is 0 Å². The minimum atomic E-state index is -0.915. The molecule has 0 spiro atoms. The maximum absolute atomic E-state index is 14.1. The average molecular weight is 568 g/mol. The van der Waals surface area contributed by atoms with Crippen molar-refractivity contribution in [2.75, 3.05) is 35.0 Å². The maximum atomic E-state index is 14.1. The summed E-state index contributed by atoms with van der Waals surface area (Å²) >= 11 is 0. The highest BCUT2D eigenvalue weighted by atomic mass is 16.5. The Bertz CT molecular complexity index is 1560. The standard InChI is InChI=1S/C34H33NO7/c1-38-27-17-15-24(21-29(27)40-3)31(42-34(37)23-13-9-6-10-14-23)30-25-16-18-28(39-2)32(41-4)26(25)19-20-35(30)33(36)22-11-7-5-8-12-22/h5-18,21,30-31H,19-20H2,1-4H3/t30-,31-/m1/s1. The van der Waals surface area contributed by atoms with Gasteiger partial charge in [0, 0.05) is 17.7 Å². The lowest BCUT2D eigenvalue weighted by atomic mass is 9.85. The highest BCUT2D eigenvalue weighted by Crippen LogP contribution is 2.48. The summed E-state index contributed by atoms with van der Waals surface area (Å²) in [6.45, 7) is 0.363. The molecule has 0 fully saturated rings. The highest BCUT2D eigenvalue weighted by molar-refractivity contribution is 5.95. The average Bonchev–Trinajstić information content (AvgIpc) is 3.06. The van der Waals surface area contributed by atoms with Gasteiger partial charge in [-0.05, 0) is 60.0 Å². The first-order chi connectivity index (χ1) is 20.5. The molecule has 1 aliphatic heterocycles. The number of hydrogen-bond donors (Lipinski definition) is 0. The van der Waals surface area contributed by atoms with E-state index in [2.05, 4.69) is 0 Å². The lowest BCUT2D eigenvalue weighted by molar-refractivity contribution is -0.00498. The van der Waals surface area contributed by atoms with Crippen LogP contribution in [0.3, 0.4) is 0 Å². The van der Waals surface area contributed by atoms with Gasteiger partial charge in [0.05, 0.1) is 40.0 Å². The first-order valence-corrected chi connectivity index (χ1v) is 13.6. The van der Waals surface area contributed by atoms with Gasteiger partial charge in [-0.1, -0.05) is 48.5 Å². The molecule has 1 aliphatic rings. The number of rotatable bonds is 9. The lowest BCUT2D eigenvalue weighted by Gasteiger charge is -2.42. The quantitative estimate of drug-likeness (QED) is 0.227. The molecule has 42 heavy (non-hydrogen) atoms. The molecule has 216 valence electrons. The normalized spacial score (nSPS) is 14.8. The van der Waals surface area contributed by atoms with Crippen LogP contribution in [-0.2, 0) is 11.2 Å². The molecule has 4 aromatic carbocycles. The SMILES string of the molecule is COc1ccc([C@@H](OC(=O)c2ccccc2)[C@H]2c3ccc(OC)c(OC)c3CCN2C(=O)c2ccccc2)cc1OC. The second kappa shape index (κ2) is 12.7. The Labute approximate surface area is 245 Å². The van der Waals surface area contributed by atoms with Gasteiger partial charge in [-0.3, -0.25) is 4.79 Å². The van der Waals surface area contributed by atoms with Crippen LogP contribution in [0.1, 0.15) is 49.6 Å². The number of carbonyl (C=O) groups excluding carboxylic acids is 2. The van der Waals surface area contributed by atoms with Crippen molar-refractivity contribution in [1.29, 1.82) is 0 Å². The number of carbonyl (C=O) groups is 2. The molecule has 0 bridgehead atoms. The monoisotopic (exact) mass is 567 g/mol. The number of methoxy groups -OCH3 is 4. The summed E-state index contributed by atoms with van der Waals surface area (Å²) < 4.78 is 28.8. The Morgan fingerprint density at radius 1 is 0.714 bits per heavy atom. The molecule has 0 saturated carbocycles. The second-order valence-electron chi connectivity index (χ2n) is 9.73. The Hall–Kier alpha value is -4.98. The predicted octanol–water partition coefficient (Wildman–Crippen LogP) is 6.06. The summed E-state index contributed by atoms with van der Waals surface area (Å²) in [5.74, 6) is 1.48. The third-order valence-corrected chi connectivity index (χ3v) is 7.49. The van der Waals surface area contributed by atoms with Crippen molar-refractivity contribution in [1.82, 2.24) is 4.90 Å². The molecule has 8 heteroatoms. The van der Waals surface area contributed by atoms with Crippen LogP contribution in [0.5, 0.6) is 23.0 Å². The molecule has 4 aromatic rings. The molecule has 0 aromatic heterocycles. The zero-order chi connectivity index (χ0) is 29.6. The minimum Gasteiger partial charge on any atom is -0.493 e. The molecule has 0 aliphatic carbocycles. The maximum Gasteiger partial charge on any atom is 0.338 e. The number of fused-ring (bicyclic) bond motifs is 1. The zero-order valence-corrected chi connectivity index (χ0v) is 24.0. The largest absolute Gasteiger partial charge is 0.493 e. The van der Waals surface area contributed by atoms with Gasteiger partial charge in [0.15, 0.2) is 29.1 Å². The Kier molecular flexibility index (Phi) is 8.62. The molecule has 2 atom stereocenters. The Morgan fingerprint density at radius 3 is 1.95 bits per heavy atom. The van der Waals surface area contributed by atoms with Gasteiger partial charge in [-0.25, -0.2) is 4.79 Å². The van der Waals surface area contributed by atoms with Gasteiger partial charge >= 0.3 is 5.97 Å². The van der Waals surface area contributed by atoms with E-state index in [1.54, 1.807) is 81.9 Å². The molecule has 0 unspecified atom stereocenters. The summed E-state index contributed by atoms with van der Waals surface area (Å²) in [7, 11) is 6.28. The van der Waals surface area contributed by atoms with Crippen molar-refractivity contribution in [2.45, 2.75) is 18.6 Å². The number of ether oxygens (including phenoxy) is 5. The summed E-state index contributed by atoms with van der Waals surface area (Å²) in [6.07, 6.45) is -0.391. The number of benzene rings is 4. The van der Waals surface area contributed by atoms with E-state index >= 15 is 0 Å². The van der Waals surface area contributed by atoms with E-state index in [4.69, 9.17) is 23.7 Å². The van der Waals surface area contributed by atoms with Gasteiger partial charge < -0.3 is 28.6 Å². The Morgan fingerprint density at radius 2 is 1.33 bits per heavy atom. The first kappa shape index (κ1) is 28.5. The van der Waals surface area contributed by atoms with E-state index < -0.39 is 18.1 Å². The molecule has 1 heterocycles. The zero-order valence-electron chi connectivity index (χ0n) is 24.0. The van der Waals surface area contributed by atoms with Gasteiger partial charge in [0.2, 0.25) is 0 Å². The van der Waals surface area contributed by atoms with Crippen molar-refractivity contribution in [3.05, 3.63) is 119 Å². The van der Waals surface area contributed by atoms with E-state index in [0.29, 0.717) is 52.7 Å². The Balaban J connectivity index is 1.71. The van der Waals surface area contributed by atoms with Gasteiger partial charge in [-0.15, -0.1) is 0 Å². The molecule has 0 radical (unpaired) electrons. The fourth-order valence-electron chi connectivity index (χ4n) is 5.48. The summed E-state index contributed by atoms with van der Waals surface area (Å²) in [4.78, 5) is 29.5. The van der Waals surface area contributed by atoms with Crippen molar-refractivity contribution in [3.8, 4) is 23.0 Å². The van der Waals surface area contributed by atoms with E-state index in [9.17, 15) is 9.59 Å². The third kappa shape index (κ3) is 5.48.